The molecular weight excluding hydrogens is 444 g/mol. The van der Waals surface area contributed by atoms with Crippen molar-refractivity contribution in [2.24, 2.45) is 0 Å². The molecule has 4 aromatic rings. The van der Waals surface area contributed by atoms with E-state index in [0.29, 0.717) is 10.8 Å². The molecular formula is C27H26N4O2S. The number of benzene rings is 2. The Bertz CT molecular complexity index is 1350. The summed E-state index contributed by atoms with van der Waals surface area (Å²) in [6.45, 7) is 4.21. The van der Waals surface area contributed by atoms with Crippen molar-refractivity contribution in [3.05, 3.63) is 102 Å². The van der Waals surface area contributed by atoms with Crippen molar-refractivity contribution in [1.82, 2.24) is 14.9 Å². The summed E-state index contributed by atoms with van der Waals surface area (Å²) in [5.41, 5.74) is 5.86. The molecule has 0 saturated carbocycles. The number of nitrogens with one attached hydrogen (secondary N) is 1. The zero-order chi connectivity index (χ0) is 23.8. The highest BCUT2D eigenvalue weighted by molar-refractivity contribution is 7.80. The van der Waals surface area contributed by atoms with E-state index in [1.165, 1.54) is 0 Å². The van der Waals surface area contributed by atoms with E-state index in [-0.39, 0.29) is 17.8 Å². The first-order valence-corrected chi connectivity index (χ1v) is 11.5. The minimum absolute atomic E-state index is 0.180. The number of hydrogen-bond acceptors (Lipinski definition) is 4. The van der Waals surface area contributed by atoms with Crippen molar-refractivity contribution in [3.63, 3.8) is 0 Å². The number of phenols is 1. The predicted octanol–water partition coefficient (Wildman–Crippen LogP) is 5.38. The summed E-state index contributed by atoms with van der Waals surface area (Å²) in [4.78, 5) is 6.63. The molecule has 5 rings (SSSR count). The molecule has 2 aromatic carbocycles. The first kappa shape index (κ1) is 22.0. The molecule has 0 bridgehead atoms. The first-order valence-electron chi connectivity index (χ1n) is 11.1. The maximum Gasteiger partial charge on any atom is 0.174 e. The molecule has 0 spiro atoms. The lowest BCUT2D eigenvalue weighted by Gasteiger charge is -2.28. The first-order chi connectivity index (χ1) is 16.5. The zero-order valence-corrected chi connectivity index (χ0v) is 20.1. The standard InChI is InChI=1S/C27H26N4O2S/c1-17-15-21(18(2)30(17)19-9-8-10-20(16-19)33-3)26-25(22-11-6-7-14-28-22)29-27(34)31(26)23-12-4-5-13-24(23)32/h4-16,25-26,32H,1-3H3,(H,29,34)/t25-,26+/m0/s1. The SMILES string of the molecule is COc1cccc(-n2c(C)cc([C@@H]3[C@H](c4ccccn4)NC(=S)N3c3ccccc3O)c2C)c1. The number of rotatable bonds is 5. The molecule has 6 nitrogen and oxygen atoms in total. The molecule has 1 aliphatic rings. The number of methoxy groups -OCH3 is 1. The van der Waals surface area contributed by atoms with Gasteiger partial charge in [0, 0.05) is 29.3 Å². The number of phenolic OH excluding ortho intramolecular Hbond substituents is 1. The highest BCUT2D eigenvalue weighted by atomic mass is 32.1. The lowest BCUT2D eigenvalue weighted by molar-refractivity contribution is 0.414. The van der Waals surface area contributed by atoms with Gasteiger partial charge >= 0.3 is 0 Å². The van der Waals surface area contributed by atoms with Crippen LogP contribution in [0.25, 0.3) is 5.69 Å². The van der Waals surface area contributed by atoms with Crippen LogP contribution in [0.15, 0.2) is 79.0 Å². The molecule has 2 aromatic heterocycles. The Hall–Kier alpha value is -3.84. The van der Waals surface area contributed by atoms with Crippen LogP contribution in [0.5, 0.6) is 11.5 Å². The van der Waals surface area contributed by atoms with Gasteiger partial charge in [0.2, 0.25) is 0 Å². The van der Waals surface area contributed by atoms with Crippen LogP contribution in [-0.2, 0) is 0 Å². The Morgan fingerprint density at radius 3 is 2.53 bits per heavy atom. The molecule has 0 unspecified atom stereocenters. The van der Waals surface area contributed by atoms with Crippen LogP contribution in [-0.4, -0.2) is 26.9 Å². The van der Waals surface area contributed by atoms with Crippen molar-refractivity contribution in [2.75, 3.05) is 12.0 Å². The maximum atomic E-state index is 10.7. The summed E-state index contributed by atoms with van der Waals surface area (Å²) in [6.07, 6.45) is 1.79. The number of nitrogens with zero attached hydrogens (tertiary/aromatic N) is 3. The van der Waals surface area contributed by atoms with Gasteiger partial charge in [-0.25, -0.2) is 0 Å². The van der Waals surface area contributed by atoms with Crippen LogP contribution < -0.4 is 15.0 Å². The van der Waals surface area contributed by atoms with Gasteiger partial charge in [0.1, 0.15) is 11.5 Å². The van der Waals surface area contributed by atoms with Gasteiger partial charge < -0.3 is 24.6 Å². The fourth-order valence-electron chi connectivity index (χ4n) is 4.83. The molecule has 1 saturated heterocycles. The minimum Gasteiger partial charge on any atom is -0.506 e. The third-order valence-electron chi connectivity index (χ3n) is 6.34. The highest BCUT2D eigenvalue weighted by Gasteiger charge is 2.43. The van der Waals surface area contributed by atoms with Gasteiger partial charge in [-0.15, -0.1) is 0 Å². The number of aromatic nitrogens is 2. The third-order valence-corrected chi connectivity index (χ3v) is 6.65. The Kier molecular flexibility index (Phi) is 5.71. The lowest BCUT2D eigenvalue weighted by Crippen LogP contribution is -2.29. The van der Waals surface area contributed by atoms with E-state index < -0.39 is 0 Å². The average Bonchev–Trinajstić information content (AvgIpc) is 3.35. The van der Waals surface area contributed by atoms with Crippen LogP contribution in [0.3, 0.4) is 0 Å². The second kappa shape index (κ2) is 8.83. The molecule has 2 atom stereocenters. The molecule has 7 heteroatoms. The van der Waals surface area contributed by atoms with Crippen LogP contribution in [0.4, 0.5) is 5.69 Å². The normalized spacial score (nSPS) is 17.6. The second-order valence-corrected chi connectivity index (χ2v) is 8.74. The van der Waals surface area contributed by atoms with Gasteiger partial charge in [-0.3, -0.25) is 4.98 Å². The van der Waals surface area contributed by atoms with Crippen LogP contribution in [0.1, 0.15) is 34.7 Å². The monoisotopic (exact) mass is 470 g/mol. The van der Waals surface area contributed by atoms with Gasteiger partial charge in [-0.05, 0) is 74.1 Å². The third kappa shape index (κ3) is 3.68. The van der Waals surface area contributed by atoms with E-state index in [1.807, 2.05) is 59.5 Å². The Morgan fingerprint density at radius 1 is 1.00 bits per heavy atom. The van der Waals surface area contributed by atoms with E-state index in [4.69, 9.17) is 17.0 Å². The van der Waals surface area contributed by atoms with E-state index in [0.717, 1.165) is 34.1 Å². The topological polar surface area (TPSA) is 62.5 Å². The Balaban J connectivity index is 1.69. The Morgan fingerprint density at radius 2 is 1.79 bits per heavy atom. The van der Waals surface area contributed by atoms with Crippen LogP contribution in [0, 0.1) is 13.8 Å². The molecule has 0 aliphatic carbocycles. The van der Waals surface area contributed by atoms with Gasteiger partial charge in [0.25, 0.3) is 0 Å². The summed E-state index contributed by atoms with van der Waals surface area (Å²) in [7, 11) is 1.67. The molecule has 34 heavy (non-hydrogen) atoms. The molecule has 172 valence electrons. The van der Waals surface area contributed by atoms with E-state index in [2.05, 4.69) is 40.8 Å². The molecule has 3 heterocycles. The summed E-state index contributed by atoms with van der Waals surface area (Å²) in [5, 5.41) is 14.7. The van der Waals surface area contributed by atoms with Gasteiger partial charge in [0.15, 0.2) is 5.11 Å². The fraction of sp³-hybridized carbons (Fsp3) is 0.185. The number of pyridine rings is 1. The number of ether oxygens (including phenoxy) is 1. The molecule has 2 N–H and O–H groups in total. The van der Waals surface area contributed by atoms with Crippen molar-refractivity contribution in [3.8, 4) is 17.2 Å². The van der Waals surface area contributed by atoms with Crippen molar-refractivity contribution in [1.29, 1.82) is 0 Å². The van der Waals surface area contributed by atoms with Crippen LogP contribution in [0.2, 0.25) is 0 Å². The summed E-state index contributed by atoms with van der Waals surface area (Å²) >= 11 is 5.80. The average molecular weight is 471 g/mol. The highest BCUT2D eigenvalue weighted by Crippen LogP contribution is 2.45. The lowest BCUT2D eigenvalue weighted by atomic mass is 9.96. The largest absolute Gasteiger partial charge is 0.506 e. The minimum atomic E-state index is -0.207. The smallest absolute Gasteiger partial charge is 0.174 e. The zero-order valence-electron chi connectivity index (χ0n) is 19.3. The molecule has 0 amide bonds. The van der Waals surface area contributed by atoms with Gasteiger partial charge in [-0.2, -0.15) is 0 Å². The van der Waals surface area contributed by atoms with Crippen LogP contribution >= 0.6 is 12.2 Å². The molecule has 0 radical (unpaired) electrons. The van der Waals surface area contributed by atoms with Crippen molar-refractivity contribution in [2.45, 2.75) is 25.9 Å². The van der Waals surface area contributed by atoms with E-state index in [9.17, 15) is 5.11 Å². The Labute approximate surface area is 204 Å². The molecule has 1 aliphatic heterocycles. The van der Waals surface area contributed by atoms with Gasteiger partial charge in [0.05, 0.1) is 30.6 Å². The second-order valence-electron chi connectivity index (χ2n) is 8.35. The van der Waals surface area contributed by atoms with Gasteiger partial charge in [-0.1, -0.05) is 24.3 Å². The maximum absolute atomic E-state index is 10.7. The quantitative estimate of drug-likeness (QED) is 0.382. The van der Waals surface area contributed by atoms with E-state index >= 15 is 0 Å². The number of para-hydroxylation sites is 2. The predicted molar refractivity (Wildman–Crippen MR) is 138 cm³/mol. The molecule has 1 fully saturated rings. The van der Waals surface area contributed by atoms with E-state index in [1.54, 1.807) is 19.4 Å². The number of aromatic hydroxyl groups is 1. The number of anilines is 1. The van der Waals surface area contributed by atoms with Crippen molar-refractivity contribution < 1.29 is 9.84 Å². The fourth-order valence-corrected chi connectivity index (χ4v) is 5.17. The summed E-state index contributed by atoms with van der Waals surface area (Å²) in [5.74, 6) is 0.984. The van der Waals surface area contributed by atoms with Crippen molar-refractivity contribution >= 4 is 23.0 Å². The number of thiocarbonyl (C=S) groups is 1. The summed E-state index contributed by atoms with van der Waals surface area (Å²) in [6, 6.07) is 23.0. The number of aryl methyl sites for hydroxylation is 1. The summed E-state index contributed by atoms with van der Waals surface area (Å²) < 4.78 is 7.67. The number of hydrogen-bond donors (Lipinski definition) is 2.